The predicted octanol–water partition coefficient (Wildman–Crippen LogP) is 3.12. The van der Waals surface area contributed by atoms with Gasteiger partial charge in [-0.1, -0.05) is 17.7 Å². The minimum Gasteiger partial charge on any atom is -0.256 e. The molecular formula is C10H10BrN. The van der Waals surface area contributed by atoms with Gasteiger partial charge in [-0.15, -0.1) is 17.0 Å². The number of benzene rings is 1. The van der Waals surface area contributed by atoms with E-state index in [2.05, 4.69) is 30.1 Å². The molecule has 0 aliphatic carbocycles. The molecule has 1 aromatic carbocycles. The molecule has 1 nitrogen and oxygen atoms in total. The van der Waals surface area contributed by atoms with E-state index in [9.17, 15) is 0 Å². The molecule has 2 aromatic rings. The maximum Gasteiger partial charge on any atom is 0.0702 e. The number of rotatable bonds is 0. The second-order valence-electron chi connectivity index (χ2n) is 2.70. The molecule has 0 radical (unpaired) electrons. The maximum atomic E-state index is 4.22. The highest BCUT2D eigenvalue weighted by Crippen LogP contribution is 2.11. The van der Waals surface area contributed by atoms with E-state index in [1.165, 1.54) is 10.9 Å². The van der Waals surface area contributed by atoms with Crippen LogP contribution in [0.3, 0.4) is 0 Å². The van der Waals surface area contributed by atoms with Crippen molar-refractivity contribution in [3.63, 3.8) is 0 Å². The predicted molar refractivity (Wildman–Crippen MR) is 56.8 cm³/mol. The van der Waals surface area contributed by atoms with E-state index >= 15 is 0 Å². The highest BCUT2D eigenvalue weighted by atomic mass is 79.9. The van der Waals surface area contributed by atoms with Crippen LogP contribution in [-0.2, 0) is 0 Å². The Morgan fingerprint density at radius 3 is 2.83 bits per heavy atom. The largest absolute Gasteiger partial charge is 0.256 e. The first-order chi connectivity index (χ1) is 5.36. The van der Waals surface area contributed by atoms with Crippen LogP contribution in [0.5, 0.6) is 0 Å². The van der Waals surface area contributed by atoms with Crippen molar-refractivity contribution in [1.82, 2.24) is 4.98 Å². The van der Waals surface area contributed by atoms with Crippen LogP contribution in [0.15, 0.2) is 36.5 Å². The lowest BCUT2D eigenvalue weighted by Gasteiger charge is -1.95. The van der Waals surface area contributed by atoms with E-state index in [-0.39, 0.29) is 17.0 Å². The first-order valence-electron chi connectivity index (χ1n) is 3.68. The lowest BCUT2D eigenvalue weighted by atomic mass is 10.1. The van der Waals surface area contributed by atoms with Gasteiger partial charge in [-0.3, -0.25) is 4.98 Å². The molecule has 12 heavy (non-hydrogen) atoms. The molecule has 0 unspecified atom stereocenters. The molecule has 2 heteroatoms. The second kappa shape index (κ2) is 3.68. The summed E-state index contributed by atoms with van der Waals surface area (Å²) in [6.45, 7) is 2.09. The van der Waals surface area contributed by atoms with Crippen molar-refractivity contribution in [1.29, 1.82) is 0 Å². The topological polar surface area (TPSA) is 12.9 Å². The zero-order valence-electron chi connectivity index (χ0n) is 6.82. The summed E-state index contributed by atoms with van der Waals surface area (Å²) in [4.78, 5) is 4.22. The molecule has 0 aliphatic rings. The summed E-state index contributed by atoms with van der Waals surface area (Å²) in [7, 11) is 0. The smallest absolute Gasteiger partial charge is 0.0702 e. The molecular weight excluding hydrogens is 214 g/mol. The minimum atomic E-state index is 0. The molecule has 2 rings (SSSR count). The summed E-state index contributed by atoms with van der Waals surface area (Å²) in [5, 5.41) is 1.22. The second-order valence-corrected chi connectivity index (χ2v) is 2.70. The zero-order valence-corrected chi connectivity index (χ0v) is 8.53. The van der Waals surface area contributed by atoms with Gasteiger partial charge < -0.3 is 0 Å². The van der Waals surface area contributed by atoms with Crippen LogP contribution in [0.25, 0.3) is 10.9 Å². The molecule has 0 fully saturated rings. The number of aryl methyl sites for hydroxylation is 1. The zero-order chi connectivity index (χ0) is 7.68. The van der Waals surface area contributed by atoms with Gasteiger partial charge in [0.2, 0.25) is 0 Å². The van der Waals surface area contributed by atoms with E-state index in [0.717, 1.165) is 5.52 Å². The number of nitrogens with zero attached hydrogens (tertiary/aromatic N) is 1. The summed E-state index contributed by atoms with van der Waals surface area (Å²) >= 11 is 0. The Morgan fingerprint density at radius 1 is 1.17 bits per heavy atom. The van der Waals surface area contributed by atoms with Crippen LogP contribution < -0.4 is 0 Å². The van der Waals surface area contributed by atoms with E-state index in [1.54, 1.807) is 0 Å². The quantitative estimate of drug-likeness (QED) is 0.669. The van der Waals surface area contributed by atoms with Crippen LogP contribution in [0.4, 0.5) is 0 Å². The van der Waals surface area contributed by atoms with Crippen LogP contribution in [0, 0.1) is 6.92 Å². The summed E-state index contributed by atoms with van der Waals surface area (Å²) < 4.78 is 0. The number of halogens is 1. The summed E-state index contributed by atoms with van der Waals surface area (Å²) in [5.41, 5.74) is 2.35. The highest BCUT2D eigenvalue weighted by molar-refractivity contribution is 8.93. The Kier molecular flexibility index (Phi) is 2.82. The van der Waals surface area contributed by atoms with Crippen molar-refractivity contribution in [2.24, 2.45) is 0 Å². The molecule has 0 N–H and O–H groups in total. The van der Waals surface area contributed by atoms with Gasteiger partial charge in [0.25, 0.3) is 0 Å². The third-order valence-electron chi connectivity index (χ3n) is 1.76. The Balaban J connectivity index is 0.000000720. The molecule has 1 heterocycles. The fourth-order valence-electron chi connectivity index (χ4n) is 1.20. The van der Waals surface area contributed by atoms with Crippen molar-refractivity contribution in [3.05, 3.63) is 42.1 Å². The average Bonchev–Trinajstić information content (AvgIpc) is 2.04. The van der Waals surface area contributed by atoms with E-state index in [0.29, 0.717) is 0 Å². The van der Waals surface area contributed by atoms with Crippen molar-refractivity contribution in [2.45, 2.75) is 6.92 Å². The molecule has 0 atom stereocenters. The van der Waals surface area contributed by atoms with Gasteiger partial charge in [-0.25, -0.2) is 0 Å². The van der Waals surface area contributed by atoms with E-state index in [1.807, 2.05) is 18.3 Å². The van der Waals surface area contributed by atoms with Gasteiger partial charge in [-0.05, 0) is 25.1 Å². The number of aromatic nitrogens is 1. The van der Waals surface area contributed by atoms with Crippen molar-refractivity contribution >= 4 is 27.9 Å². The Hall–Kier alpha value is -0.890. The molecule has 0 saturated heterocycles. The van der Waals surface area contributed by atoms with Gasteiger partial charge in [0.05, 0.1) is 5.52 Å². The van der Waals surface area contributed by atoms with Gasteiger partial charge in [0.15, 0.2) is 0 Å². The van der Waals surface area contributed by atoms with E-state index < -0.39 is 0 Å². The molecule has 0 amide bonds. The van der Waals surface area contributed by atoms with Crippen molar-refractivity contribution < 1.29 is 0 Å². The third kappa shape index (κ3) is 1.64. The molecule has 0 saturated carbocycles. The maximum absolute atomic E-state index is 4.22. The lowest BCUT2D eigenvalue weighted by molar-refractivity contribution is 1.39. The first-order valence-corrected chi connectivity index (χ1v) is 3.68. The van der Waals surface area contributed by atoms with Gasteiger partial charge in [-0.2, -0.15) is 0 Å². The SMILES string of the molecule is Br.Cc1ccc2ncccc2c1. The van der Waals surface area contributed by atoms with Crippen LogP contribution in [-0.4, -0.2) is 4.98 Å². The number of hydrogen-bond acceptors (Lipinski definition) is 1. The van der Waals surface area contributed by atoms with Crippen molar-refractivity contribution in [3.8, 4) is 0 Å². The highest BCUT2D eigenvalue weighted by Gasteiger charge is 1.90. The summed E-state index contributed by atoms with van der Waals surface area (Å²) in [6, 6.07) is 10.3. The number of pyridine rings is 1. The van der Waals surface area contributed by atoms with Gasteiger partial charge in [0.1, 0.15) is 0 Å². The fourth-order valence-corrected chi connectivity index (χ4v) is 1.20. The first kappa shape index (κ1) is 9.20. The molecule has 0 aliphatic heterocycles. The molecule has 1 aromatic heterocycles. The summed E-state index contributed by atoms with van der Waals surface area (Å²) in [5.74, 6) is 0. The Morgan fingerprint density at radius 2 is 2.00 bits per heavy atom. The van der Waals surface area contributed by atoms with Crippen LogP contribution in [0.2, 0.25) is 0 Å². The van der Waals surface area contributed by atoms with Gasteiger partial charge in [0, 0.05) is 11.6 Å². The fraction of sp³-hybridized carbons (Fsp3) is 0.100. The Labute approximate surface area is 82.2 Å². The van der Waals surface area contributed by atoms with Crippen molar-refractivity contribution in [2.75, 3.05) is 0 Å². The monoisotopic (exact) mass is 223 g/mol. The van der Waals surface area contributed by atoms with Crippen LogP contribution in [0.1, 0.15) is 5.56 Å². The molecule has 0 bridgehead atoms. The van der Waals surface area contributed by atoms with Crippen LogP contribution >= 0.6 is 17.0 Å². The standard InChI is InChI=1S/C10H9N.BrH/c1-8-4-5-10-9(7-8)3-2-6-11-10;/h2-7H,1H3;1H. The third-order valence-corrected chi connectivity index (χ3v) is 1.76. The number of fused-ring (bicyclic) bond motifs is 1. The minimum absolute atomic E-state index is 0. The molecule has 62 valence electrons. The summed E-state index contributed by atoms with van der Waals surface area (Å²) in [6.07, 6.45) is 1.82. The van der Waals surface area contributed by atoms with Gasteiger partial charge >= 0.3 is 0 Å². The Bertz CT molecular complexity index is 384. The lowest BCUT2D eigenvalue weighted by Crippen LogP contribution is -1.77. The van der Waals surface area contributed by atoms with E-state index in [4.69, 9.17) is 0 Å². The number of hydrogen-bond donors (Lipinski definition) is 0. The normalized spacial score (nSPS) is 9.42. The average molecular weight is 224 g/mol. The molecule has 0 spiro atoms.